The molecular weight excluding hydrogens is 342 g/mol. The molecule has 1 aliphatic heterocycles. The summed E-state index contributed by atoms with van der Waals surface area (Å²) >= 11 is 1.94. The minimum absolute atomic E-state index is 0.373. The number of piperazine rings is 1. The molecule has 0 spiro atoms. The summed E-state index contributed by atoms with van der Waals surface area (Å²) in [7, 11) is 0. The molecule has 138 valence electrons. The first-order chi connectivity index (χ1) is 12.5. The van der Waals surface area contributed by atoms with Crippen LogP contribution >= 0.6 is 11.8 Å². The fourth-order valence-corrected chi connectivity index (χ4v) is 4.17. The van der Waals surface area contributed by atoms with E-state index in [4.69, 9.17) is 5.73 Å². The zero-order valence-electron chi connectivity index (χ0n) is 15.6. The highest BCUT2D eigenvalue weighted by molar-refractivity contribution is 7.99. The second-order valence-corrected chi connectivity index (χ2v) is 8.00. The molecule has 2 aromatic rings. The van der Waals surface area contributed by atoms with Gasteiger partial charge in [-0.25, -0.2) is 0 Å². The van der Waals surface area contributed by atoms with Gasteiger partial charge in [0.25, 0.3) is 0 Å². The van der Waals surface area contributed by atoms with E-state index in [1.165, 1.54) is 21.7 Å². The van der Waals surface area contributed by atoms with Crippen LogP contribution in [-0.2, 0) is 0 Å². The fraction of sp³-hybridized carbons (Fsp3) is 0.381. The molecular formula is C21H27N3OS. The highest BCUT2D eigenvalue weighted by Gasteiger charge is 2.17. The Kier molecular flexibility index (Phi) is 6.22. The monoisotopic (exact) mass is 369 g/mol. The van der Waals surface area contributed by atoms with Crippen molar-refractivity contribution in [3.8, 4) is 0 Å². The van der Waals surface area contributed by atoms with E-state index in [0.717, 1.165) is 38.5 Å². The van der Waals surface area contributed by atoms with Gasteiger partial charge in [-0.3, -0.25) is 9.69 Å². The van der Waals surface area contributed by atoms with Gasteiger partial charge in [0.1, 0.15) is 0 Å². The smallest absolute Gasteiger partial charge is 0.248 e. The molecule has 1 aliphatic rings. The van der Waals surface area contributed by atoms with Crippen molar-refractivity contribution in [2.24, 2.45) is 5.73 Å². The standard InChI is InChI=1S/C21H27N3OS/c1-16-3-8-20(15-17(16)2)26-14-13-23-9-11-24(12-10-23)19-6-4-18(5-7-19)21(22)25/h3-8,15H,9-14H2,1-2H3,(H2,22,25). The van der Waals surface area contributed by atoms with Crippen LogP contribution in [0.4, 0.5) is 5.69 Å². The lowest BCUT2D eigenvalue weighted by Gasteiger charge is -2.36. The van der Waals surface area contributed by atoms with Gasteiger partial charge in [0.05, 0.1) is 0 Å². The van der Waals surface area contributed by atoms with Crippen LogP contribution in [0.1, 0.15) is 21.5 Å². The number of benzene rings is 2. The number of hydrogen-bond donors (Lipinski definition) is 1. The number of aryl methyl sites for hydroxylation is 2. The average Bonchev–Trinajstić information content (AvgIpc) is 2.65. The summed E-state index contributed by atoms with van der Waals surface area (Å²) in [6, 6.07) is 14.3. The molecule has 5 heteroatoms. The van der Waals surface area contributed by atoms with E-state index in [1.54, 1.807) is 0 Å². The number of nitrogens with two attached hydrogens (primary N) is 1. The first-order valence-electron chi connectivity index (χ1n) is 9.10. The Morgan fingerprint density at radius 2 is 1.69 bits per heavy atom. The quantitative estimate of drug-likeness (QED) is 0.794. The summed E-state index contributed by atoms with van der Waals surface area (Å²) in [5.41, 5.74) is 9.76. The molecule has 0 aromatic heterocycles. The van der Waals surface area contributed by atoms with E-state index >= 15 is 0 Å². The maximum absolute atomic E-state index is 11.2. The molecule has 2 aromatic carbocycles. The first-order valence-corrected chi connectivity index (χ1v) is 10.1. The Morgan fingerprint density at radius 1 is 1.00 bits per heavy atom. The maximum atomic E-state index is 11.2. The molecule has 2 N–H and O–H groups in total. The van der Waals surface area contributed by atoms with Gasteiger partial charge in [0.2, 0.25) is 5.91 Å². The third kappa shape index (κ3) is 4.80. The number of carbonyl (C=O) groups excluding carboxylic acids is 1. The molecule has 4 nitrogen and oxygen atoms in total. The lowest BCUT2D eigenvalue weighted by molar-refractivity contribution is 0.100. The molecule has 0 radical (unpaired) electrons. The van der Waals surface area contributed by atoms with E-state index in [1.807, 2.05) is 36.0 Å². The Hall–Kier alpha value is -1.98. The number of primary amides is 1. The number of hydrogen-bond acceptors (Lipinski definition) is 4. The van der Waals surface area contributed by atoms with Crippen LogP contribution in [0.2, 0.25) is 0 Å². The molecule has 0 atom stereocenters. The second-order valence-electron chi connectivity index (χ2n) is 6.83. The van der Waals surface area contributed by atoms with Crippen LogP contribution in [0.5, 0.6) is 0 Å². The summed E-state index contributed by atoms with van der Waals surface area (Å²) in [6.45, 7) is 9.63. The fourth-order valence-electron chi connectivity index (χ4n) is 3.16. The van der Waals surface area contributed by atoms with Crippen LogP contribution in [-0.4, -0.2) is 49.3 Å². The summed E-state index contributed by atoms with van der Waals surface area (Å²) in [4.78, 5) is 17.4. The molecule has 3 rings (SSSR count). The van der Waals surface area contributed by atoms with Crippen molar-refractivity contribution in [2.75, 3.05) is 43.4 Å². The lowest BCUT2D eigenvalue weighted by Crippen LogP contribution is -2.47. The number of carbonyl (C=O) groups is 1. The van der Waals surface area contributed by atoms with Gasteiger partial charge in [-0.05, 0) is 61.4 Å². The van der Waals surface area contributed by atoms with E-state index in [-0.39, 0.29) is 5.91 Å². The SMILES string of the molecule is Cc1ccc(SCCN2CCN(c3ccc(C(N)=O)cc3)CC2)cc1C. The topological polar surface area (TPSA) is 49.6 Å². The second kappa shape index (κ2) is 8.60. The van der Waals surface area contributed by atoms with Crippen LogP contribution in [0.25, 0.3) is 0 Å². The van der Waals surface area contributed by atoms with Crippen molar-refractivity contribution in [1.82, 2.24) is 4.90 Å². The Morgan fingerprint density at radius 3 is 2.31 bits per heavy atom. The normalized spacial score (nSPS) is 15.2. The van der Waals surface area contributed by atoms with Crippen molar-refractivity contribution in [1.29, 1.82) is 0 Å². The highest BCUT2D eigenvalue weighted by Crippen LogP contribution is 2.22. The van der Waals surface area contributed by atoms with Gasteiger partial charge in [-0.1, -0.05) is 6.07 Å². The van der Waals surface area contributed by atoms with Gasteiger partial charge in [0.15, 0.2) is 0 Å². The number of thioether (sulfide) groups is 1. The molecule has 0 unspecified atom stereocenters. The lowest BCUT2D eigenvalue weighted by atomic mass is 10.1. The Bertz CT molecular complexity index is 752. The molecule has 1 fully saturated rings. The molecule has 1 amide bonds. The van der Waals surface area contributed by atoms with Crippen LogP contribution in [0.3, 0.4) is 0 Å². The highest BCUT2D eigenvalue weighted by atomic mass is 32.2. The summed E-state index contributed by atoms with van der Waals surface area (Å²) < 4.78 is 0. The van der Waals surface area contributed by atoms with Gasteiger partial charge in [-0.2, -0.15) is 0 Å². The first kappa shape index (κ1) is 18.8. The Labute approximate surface area is 160 Å². The van der Waals surface area contributed by atoms with Gasteiger partial charge in [-0.15, -0.1) is 11.8 Å². The molecule has 26 heavy (non-hydrogen) atoms. The summed E-state index contributed by atoms with van der Waals surface area (Å²) in [5, 5.41) is 0. The van der Waals surface area contributed by atoms with Crippen LogP contribution in [0, 0.1) is 13.8 Å². The molecule has 1 saturated heterocycles. The predicted molar refractivity (Wildman–Crippen MR) is 110 cm³/mol. The molecule has 1 heterocycles. The van der Waals surface area contributed by atoms with Crippen molar-refractivity contribution in [3.05, 3.63) is 59.2 Å². The van der Waals surface area contributed by atoms with Crippen molar-refractivity contribution in [2.45, 2.75) is 18.7 Å². The Balaban J connectivity index is 1.43. The average molecular weight is 370 g/mol. The zero-order chi connectivity index (χ0) is 18.5. The number of amides is 1. The van der Waals surface area contributed by atoms with Crippen molar-refractivity contribution < 1.29 is 4.79 Å². The van der Waals surface area contributed by atoms with Crippen LogP contribution < -0.4 is 10.6 Å². The summed E-state index contributed by atoms with van der Waals surface area (Å²) in [6.07, 6.45) is 0. The van der Waals surface area contributed by atoms with Gasteiger partial charge in [0, 0.05) is 54.6 Å². The maximum Gasteiger partial charge on any atom is 0.248 e. The molecule has 0 saturated carbocycles. The van der Waals surface area contributed by atoms with E-state index in [2.05, 4.69) is 41.8 Å². The van der Waals surface area contributed by atoms with Crippen molar-refractivity contribution in [3.63, 3.8) is 0 Å². The van der Waals surface area contributed by atoms with Gasteiger partial charge < -0.3 is 10.6 Å². The molecule has 0 aliphatic carbocycles. The largest absolute Gasteiger partial charge is 0.369 e. The molecule has 0 bridgehead atoms. The van der Waals surface area contributed by atoms with Crippen molar-refractivity contribution >= 4 is 23.4 Å². The minimum Gasteiger partial charge on any atom is -0.369 e. The third-order valence-corrected chi connectivity index (χ3v) is 6.02. The number of rotatable bonds is 6. The van der Waals surface area contributed by atoms with Crippen LogP contribution in [0.15, 0.2) is 47.4 Å². The summed E-state index contributed by atoms with van der Waals surface area (Å²) in [5.74, 6) is 0.748. The van der Waals surface area contributed by atoms with E-state index in [0.29, 0.717) is 5.56 Å². The predicted octanol–water partition coefficient (Wildman–Crippen LogP) is 3.32. The number of nitrogens with zero attached hydrogens (tertiary/aromatic N) is 2. The number of anilines is 1. The zero-order valence-corrected chi connectivity index (χ0v) is 16.4. The third-order valence-electron chi connectivity index (χ3n) is 5.04. The van der Waals surface area contributed by atoms with E-state index in [9.17, 15) is 4.79 Å². The minimum atomic E-state index is -0.373. The van der Waals surface area contributed by atoms with Gasteiger partial charge >= 0.3 is 0 Å². The van der Waals surface area contributed by atoms with E-state index < -0.39 is 0 Å².